The molecule has 0 unspecified atom stereocenters. The van der Waals surface area contributed by atoms with Gasteiger partial charge < -0.3 is 20.4 Å². The summed E-state index contributed by atoms with van der Waals surface area (Å²) in [6.45, 7) is 3.48. The van der Waals surface area contributed by atoms with Crippen molar-refractivity contribution in [1.29, 1.82) is 0 Å². The van der Waals surface area contributed by atoms with E-state index in [0.717, 1.165) is 18.8 Å². The van der Waals surface area contributed by atoms with E-state index in [9.17, 15) is 0 Å². The Labute approximate surface area is 119 Å². The average molecular weight is 281 g/mol. The van der Waals surface area contributed by atoms with Gasteiger partial charge in [0.05, 0.1) is 6.61 Å². The summed E-state index contributed by atoms with van der Waals surface area (Å²) in [6.07, 6.45) is 0.519. The van der Waals surface area contributed by atoms with E-state index in [1.54, 1.807) is 7.11 Å². The van der Waals surface area contributed by atoms with Crippen molar-refractivity contribution in [3.8, 4) is 5.75 Å². The minimum atomic E-state index is 0.233. The predicted octanol–water partition coefficient (Wildman–Crippen LogP) is 1.15. The maximum Gasteiger partial charge on any atom is 0.140 e. The highest BCUT2D eigenvalue weighted by Gasteiger charge is 2.06. The minimum Gasteiger partial charge on any atom is -0.492 e. The molecule has 0 fully saturated rings. The van der Waals surface area contributed by atoms with Crippen molar-refractivity contribution in [2.75, 3.05) is 40.0 Å². The average Bonchev–Trinajstić information content (AvgIpc) is 2.50. The molecule has 6 nitrogen and oxygen atoms in total. The van der Waals surface area contributed by atoms with Gasteiger partial charge in [-0.25, -0.2) is 0 Å². The third-order valence-corrected chi connectivity index (χ3v) is 2.84. The highest BCUT2D eigenvalue weighted by Crippen LogP contribution is 2.08. The molecule has 0 aromatic heterocycles. The molecule has 0 aliphatic carbocycles. The first kappa shape index (κ1) is 16.3. The Kier molecular flexibility index (Phi) is 8.17. The third-order valence-electron chi connectivity index (χ3n) is 2.84. The highest BCUT2D eigenvalue weighted by atomic mass is 16.5. The summed E-state index contributed by atoms with van der Waals surface area (Å²) in [5.74, 6) is 1.09. The zero-order valence-electron chi connectivity index (χ0n) is 11.9. The second-order valence-corrected chi connectivity index (χ2v) is 4.34. The number of benzene rings is 1. The summed E-state index contributed by atoms with van der Waals surface area (Å²) < 4.78 is 10.7. The van der Waals surface area contributed by atoms with E-state index in [1.165, 1.54) is 0 Å². The molecule has 20 heavy (non-hydrogen) atoms. The fourth-order valence-corrected chi connectivity index (χ4v) is 1.69. The largest absolute Gasteiger partial charge is 0.492 e. The van der Waals surface area contributed by atoms with E-state index >= 15 is 0 Å². The van der Waals surface area contributed by atoms with E-state index in [0.29, 0.717) is 26.2 Å². The lowest BCUT2D eigenvalue weighted by atomic mass is 10.3. The van der Waals surface area contributed by atoms with Crippen LogP contribution >= 0.6 is 0 Å². The number of rotatable bonds is 10. The number of para-hydroxylation sites is 1. The number of amidine groups is 1. The Morgan fingerprint density at radius 1 is 1.20 bits per heavy atom. The summed E-state index contributed by atoms with van der Waals surface area (Å²) in [6, 6.07) is 9.69. The summed E-state index contributed by atoms with van der Waals surface area (Å²) in [5.41, 5.74) is 5.48. The second-order valence-electron chi connectivity index (χ2n) is 4.34. The highest BCUT2D eigenvalue weighted by molar-refractivity contribution is 5.79. The molecule has 1 aromatic rings. The van der Waals surface area contributed by atoms with E-state index in [2.05, 4.69) is 10.1 Å². The third kappa shape index (κ3) is 6.96. The standard InChI is InChI=1S/C14H23N3O3/c1-19-11-9-17(8-7-14(15)16-18)10-12-20-13-5-3-2-4-6-13/h2-6,18H,7-12H2,1H3,(H2,15,16). The Morgan fingerprint density at radius 2 is 1.90 bits per heavy atom. The Bertz CT molecular complexity index is 385. The van der Waals surface area contributed by atoms with Crippen LogP contribution in [0.3, 0.4) is 0 Å². The fraction of sp³-hybridized carbons (Fsp3) is 0.500. The molecule has 0 amide bonds. The van der Waals surface area contributed by atoms with Crippen LogP contribution in [0.25, 0.3) is 0 Å². The topological polar surface area (TPSA) is 80.3 Å². The molecule has 0 heterocycles. The first-order valence-electron chi connectivity index (χ1n) is 6.61. The van der Waals surface area contributed by atoms with Crippen LogP contribution < -0.4 is 10.5 Å². The molecular weight excluding hydrogens is 258 g/mol. The number of oxime groups is 1. The maximum absolute atomic E-state index is 8.54. The lowest BCUT2D eigenvalue weighted by Gasteiger charge is -2.21. The molecule has 112 valence electrons. The van der Waals surface area contributed by atoms with E-state index in [1.807, 2.05) is 30.3 Å². The monoisotopic (exact) mass is 281 g/mol. The summed E-state index contributed by atoms with van der Waals surface area (Å²) in [7, 11) is 1.67. The van der Waals surface area contributed by atoms with Crippen molar-refractivity contribution >= 4 is 5.84 Å². The molecule has 0 atom stereocenters. The summed E-state index contributed by atoms with van der Waals surface area (Å²) >= 11 is 0. The van der Waals surface area contributed by atoms with Gasteiger partial charge in [0.25, 0.3) is 0 Å². The second kappa shape index (κ2) is 10.1. The number of methoxy groups -OCH3 is 1. The van der Waals surface area contributed by atoms with E-state index in [4.69, 9.17) is 20.4 Å². The lowest BCUT2D eigenvalue weighted by molar-refractivity contribution is 0.136. The van der Waals surface area contributed by atoms with Crippen LogP contribution in [-0.2, 0) is 4.74 Å². The van der Waals surface area contributed by atoms with Gasteiger partial charge in [-0.2, -0.15) is 0 Å². The summed E-state index contributed by atoms with van der Waals surface area (Å²) in [5, 5.41) is 11.5. The first-order chi connectivity index (χ1) is 9.76. The van der Waals surface area contributed by atoms with Crippen LogP contribution in [0, 0.1) is 0 Å². The molecule has 3 N–H and O–H groups in total. The predicted molar refractivity (Wildman–Crippen MR) is 78.3 cm³/mol. The van der Waals surface area contributed by atoms with Gasteiger partial charge in [0.15, 0.2) is 0 Å². The number of nitrogens with two attached hydrogens (primary N) is 1. The lowest BCUT2D eigenvalue weighted by Crippen LogP contribution is -2.34. The smallest absolute Gasteiger partial charge is 0.140 e. The van der Waals surface area contributed by atoms with Crippen LogP contribution in [0.15, 0.2) is 35.5 Å². The van der Waals surface area contributed by atoms with Crippen LogP contribution in [0.2, 0.25) is 0 Å². The molecular formula is C14H23N3O3. The SMILES string of the molecule is COCCN(CCOc1ccccc1)CCC(N)=NO. The Morgan fingerprint density at radius 3 is 2.55 bits per heavy atom. The van der Waals surface area contributed by atoms with Gasteiger partial charge in [0, 0.05) is 33.2 Å². The molecule has 0 saturated carbocycles. The van der Waals surface area contributed by atoms with Gasteiger partial charge in [0.2, 0.25) is 0 Å². The van der Waals surface area contributed by atoms with Crippen molar-refractivity contribution in [2.24, 2.45) is 10.9 Å². The molecule has 0 bridgehead atoms. The molecule has 1 aromatic carbocycles. The van der Waals surface area contributed by atoms with Crippen molar-refractivity contribution in [3.05, 3.63) is 30.3 Å². The molecule has 0 aliphatic rings. The molecule has 6 heteroatoms. The van der Waals surface area contributed by atoms with Crippen LogP contribution in [0.1, 0.15) is 6.42 Å². The maximum atomic E-state index is 8.54. The zero-order valence-corrected chi connectivity index (χ0v) is 11.9. The van der Waals surface area contributed by atoms with Gasteiger partial charge in [-0.3, -0.25) is 4.90 Å². The van der Waals surface area contributed by atoms with Crippen LogP contribution in [0.5, 0.6) is 5.75 Å². The van der Waals surface area contributed by atoms with Crippen molar-refractivity contribution in [1.82, 2.24) is 4.90 Å². The minimum absolute atomic E-state index is 0.233. The Hall–Kier alpha value is -1.79. The Balaban J connectivity index is 2.32. The van der Waals surface area contributed by atoms with Crippen molar-refractivity contribution < 1.29 is 14.7 Å². The number of hydrogen-bond acceptors (Lipinski definition) is 5. The molecule has 0 aliphatic heterocycles. The van der Waals surface area contributed by atoms with Gasteiger partial charge in [-0.1, -0.05) is 23.4 Å². The normalized spacial score (nSPS) is 11.8. The van der Waals surface area contributed by atoms with E-state index < -0.39 is 0 Å². The van der Waals surface area contributed by atoms with Crippen molar-refractivity contribution in [3.63, 3.8) is 0 Å². The molecule has 1 rings (SSSR count). The first-order valence-corrected chi connectivity index (χ1v) is 6.61. The molecule has 0 saturated heterocycles. The van der Waals surface area contributed by atoms with Crippen molar-refractivity contribution in [2.45, 2.75) is 6.42 Å². The number of ether oxygens (including phenoxy) is 2. The van der Waals surface area contributed by atoms with Crippen LogP contribution in [0.4, 0.5) is 0 Å². The van der Waals surface area contributed by atoms with Gasteiger partial charge in [-0.15, -0.1) is 0 Å². The summed E-state index contributed by atoms with van der Waals surface area (Å²) in [4.78, 5) is 2.16. The fourth-order valence-electron chi connectivity index (χ4n) is 1.69. The van der Waals surface area contributed by atoms with Gasteiger partial charge in [-0.05, 0) is 12.1 Å². The quantitative estimate of drug-likeness (QED) is 0.291. The van der Waals surface area contributed by atoms with Gasteiger partial charge >= 0.3 is 0 Å². The molecule has 0 radical (unpaired) electrons. The number of nitrogens with zero attached hydrogens (tertiary/aromatic N) is 2. The number of hydrogen-bond donors (Lipinski definition) is 2. The molecule has 0 spiro atoms. The van der Waals surface area contributed by atoms with E-state index in [-0.39, 0.29) is 5.84 Å². The zero-order chi connectivity index (χ0) is 14.6. The van der Waals surface area contributed by atoms with Gasteiger partial charge in [0.1, 0.15) is 18.2 Å². The van der Waals surface area contributed by atoms with Crippen LogP contribution in [-0.4, -0.2) is 55.9 Å².